The minimum absolute atomic E-state index is 0.540. The van der Waals surface area contributed by atoms with Crippen molar-refractivity contribution < 1.29 is 4.74 Å². The third-order valence-electron chi connectivity index (χ3n) is 2.07. The lowest BCUT2D eigenvalue weighted by atomic mass is 10.4. The summed E-state index contributed by atoms with van der Waals surface area (Å²) in [5, 5.41) is 7.39. The van der Waals surface area contributed by atoms with Crippen molar-refractivity contribution >= 4 is 5.82 Å². The van der Waals surface area contributed by atoms with E-state index in [9.17, 15) is 0 Å². The maximum absolute atomic E-state index is 5.00. The topological polar surface area (TPSA) is 64.9 Å². The lowest BCUT2D eigenvalue weighted by molar-refractivity contribution is 0.397. The quantitative estimate of drug-likeness (QED) is 0.825. The number of aryl methyl sites for hydroxylation is 1. The number of nitrogens with one attached hydrogen (secondary N) is 1. The predicted molar refractivity (Wildman–Crippen MR) is 59.1 cm³/mol. The molecular weight excluding hydrogens is 206 g/mol. The van der Waals surface area contributed by atoms with Crippen LogP contribution < -0.4 is 10.1 Å². The van der Waals surface area contributed by atoms with Crippen molar-refractivity contribution in [2.75, 3.05) is 12.4 Å². The highest BCUT2D eigenvalue weighted by Gasteiger charge is 2.00. The van der Waals surface area contributed by atoms with Gasteiger partial charge in [-0.05, 0) is 6.07 Å². The molecule has 0 radical (unpaired) electrons. The van der Waals surface area contributed by atoms with Gasteiger partial charge in [-0.3, -0.25) is 4.68 Å². The Bertz CT molecular complexity index is 468. The van der Waals surface area contributed by atoms with E-state index in [2.05, 4.69) is 20.4 Å². The number of methoxy groups -OCH3 is 1. The molecule has 0 spiro atoms. The molecular formula is C10H13N5O. The molecule has 84 valence electrons. The zero-order valence-electron chi connectivity index (χ0n) is 9.21. The summed E-state index contributed by atoms with van der Waals surface area (Å²) in [4.78, 5) is 8.00. The fourth-order valence-electron chi connectivity index (χ4n) is 1.29. The molecule has 0 atom stereocenters. The van der Waals surface area contributed by atoms with E-state index in [1.165, 1.54) is 6.33 Å². The highest BCUT2D eigenvalue weighted by molar-refractivity contribution is 5.37. The standard InChI is InChI=1S/C10H13N5O/c1-15-4-3-8(14-15)6-11-9-5-10(16-2)13-7-12-9/h3-5,7H,6H2,1-2H3,(H,11,12,13). The minimum atomic E-state index is 0.540. The monoisotopic (exact) mass is 219 g/mol. The van der Waals surface area contributed by atoms with E-state index in [-0.39, 0.29) is 0 Å². The van der Waals surface area contributed by atoms with Gasteiger partial charge in [0.25, 0.3) is 0 Å². The largest absolute Gasteiger partial charge is 0.481 e. The number of rotatable bonds is 4. The Morgan fingerprint density at radius 1 is 1.44 bits per heavy atom. The molecule has 0 saturated heterocycles. The third-order valence-corrected chi connectivity index (χ3v) is 2.07. The fraction of sp³-hybridized carbons (Fsp3) is 0.300. The molecule has 6 nitrogen and oxygen atoms in total. The first kappa shape index (κ1) is 10.4. The van der Waals surface area contributed by atoms with Crippen LogP contribution in [0.4, 0.5) is 5.82 Å². The maximum Gasteiger partial charge on any atom is 0.218 e. The van der Waals surface area contributed by atoms with Gasteiger partial charge in [0.15, 0.2) is 0 Å². The molecule has 0 amide bonds. The van der Waals surface area contributed by atoms with Crippen molar-refractivity contribution in [2.24, 2.45) is 7.05 Å². The lowest BCUT2D eigenvalue weighted by Gasteiger charge is -2.04. The van der Waals surface area contributed by atoms with Crippen molar-refractivity contribution in [3.8, 4) is 5.88 Å². The Morgan fingerprint density at radius 2 is 2.31 bits per heavy atom. The molecule has 0 bridgehead atoms. The molecule has 16 heavy (non-hydrogen) atoms. The van der Waals surface area contributed by atoms with E-state index in [1.54, 1.807) is 17.9 Å². The van der Waals surface area contributed by atoms with Gasteiger partial charge in [0.2, 0.25) is 5.88 Å². The van der Waals surface area contributed by atoms with E-state index in [0.717, 1.165) is 11.5 Å². The lowest BCUT2D eigenvalue weighted by Crippen LogP contribution is -2.03. The van der Waals surface area contributed by atoms with Crippen molar-refractivity contribution in [2.45, 2.75) is 6.54 Å². The van der Waals surface area contributed by atoms with Crippen molar-refractivity contribution in [3.05, 3.63) is 30.4 Å². The summed E-state index contributed by atoms with van der Waals surface area (Å²) < 4.78 is 6.76. The van der Waals surface area contributed by atoms with Crippen LogP contribution in [-0.2, 0) is 13.6 Å². The molecule has 6 heteroatoms. The van der Waals surface area contributed by atoms with E-state index >= 15 is 0 Å². The van der Waals surface area contributed by atoms with Gasteiger partial charge in [0, 0.05) is 19.3 Å². The fourth-order valence-corrected chi connectivity index (χ4v) is 1.29. The zero-order valence-corrected chi connectivity index (χ0v) is 9.21. The van der Waals surface area contributed by atoms with Gasteiger partial charge < -0.3 is 10.1 Å². The van der Waals surface area contributed by atoms with Gasteiger partial charge >= 0.3 is 0 Å². The Kier molecular flexibility index (Phi) is 3.00. The van der Waals surface area contributed by atoms with Gasteiger partial charge in [-0.25, -0.2) is 9.97 Å². The Labute approximate surface area is 93.3 Å². The van der Waals surface area contributed by atoms with E-state index in [4.69, 9.17) is 4.74 Å². The average molecular weight is 219 g/mol. The first-order valence-corrected chi connectivity index (χ1v) is 4.86. The zero-order chi connectivity index (χ0) is 11.4. The molecule has 0 unspecified atom stereocenters. The number of aromatic nitrogens is 4. The van der Waals surface area contributed by atoms with Crippen LogP contribution in [-0.4, -0.2) is 26.9 Å². The number of ether oxygens (including phenoxy) is 1. The average Bonchev–Trinajstić information content (AvgIpc) is 2.73. The molecule has 0 saturated carbocycles. The summed E-state index contributed by atoms with van der Waals surface area (Å²) in [6.45, 7) is 0.626. The summed E-state index contributed by atoms with van der Waals surface area (Å²) in [5.74, 6) is 1.26. The van der Waals surface area contributed by atoms with E-state index in [0.29, 0.717) is 12.4 Å². The van der Waals surface area contributed by atoms with Crippen LogP contribution in [0, 0.1) is 0 Å². The molecule has 2 rings (SSSR count). The molecule has 2 aromatic rings. The Morgan fingerprint density at radius 3 is 3.00 bits per heavy atom. The summed E-state index contributed by atoms with van der Waals surface area (Å²) >= 11 is 0. The summed E-state index contributed by atoms with van der Waals surface area (Å²) in [6.07, 6.45) is 3.36. The van der Waals surface area contributed by atoms with Gasteiger partial charge in [0.05, 0.1) is 19.3 Å². The second kappa shape index (κ2) is 4.61. The van der Waals surface area contributed by atoms with Crippen LogP contribution in [0.3, 0.4) is 0 Å². The normalized spacial score (nSPS) is 10.1. The maximum atomic E-state index is 5.00. The SMILES string of the molecule is COc1cc(NCc2ccn(C)n2)ncn1. The Hall–Kier alpha value is -2.11. The third kappa shape index (κ3) is 2.47. The van der Waals surface area contributed by atoms with Gasteiger partial charge in [-0.15, -0.1) is 0 Å². The molecule has 1 N–H and O–H groups in total. The molecule has 0 aliphatic carbocycles. The van der Waals surface area contributed by atoms with Crippen molar-refractivity contribution in [3.63, 3.8) is 0 Å². The van der Waals surface area contributed by atoms with Crippen LogP contribution in [0.25, 0.3) is 0 Å². The van der Waals surface area contributed by atoms with Crippen LogP contribution in [0.15, 0.2) is 24.7 Å². The summed E-state index contributed by atoms with van der Waals surface area (Å²) in [6, 6.07) is 3.69. The smallest absolute Gasteiger partial charge is 0.218 e. The van der Waals surface area contributed by atoms with Crippen molar-refractivity contribution in [1.82, 2.24) is 19.7 Å². The van der Waals surface area contributed by atoms with E-state index in [1.807, 2.05) is 19.3 Å². The second-order valence-corrected chi connectivity index (χ2v) is 3.28. The highest BCUT2D eigenvalue weighted by Crippen LogP contribution is 2.10. The predicted octanol–water partition coefficient (Wildman–Crippen LogP) is 0.831. The van der Waals surface area contributed by atoms with Crippen LogP contribution in [0.1, 0.15) is 5.69 Å². The number of hydrogen-bond acceptors (Lipinski definition) is 5. The molecule has 2 heterocycles. The first-order valence-electron chi connectivity index (χ1n) is 4.86. The Balaban J connectivity index is 1.99. The van der Waals surface area contributed by atoms with Crippen molar-refractivity contribution in [1.29, 1.82) is 0 Å². The molecule has 0 aliphatic rings. The molecule has 0 aromatic carbocycles. The van der Waals surface area contributed by atoms with Crippen LogP contribution in [0.5, 0.6) is 5.88 Å². The van der Waals surface area contributed by atoms with Gasteiger partial charge in [-0.2, -0.15) is 5.10 Å². The number of hydrogen-bond donors (Lipinski definition) is 1. The van der Waals surface area contributed by atoms with Crippen LogP contribution >= 0.6 is 0 Å². The van der Waals surface area contributed by atoms with Crippen LogP contribution in [0.2, 0.25) is 0 Å². The molecule has 0 aliphatic heterocycles. The molecule has 0 fully saturated rings. The first-order chi connectivity index (χ1) is 7.78. The second-order valence-electron chi connectivity index (χ2n) is 3.28. The number of anilines is 1. The van der Waals surface area contributed by atoms with Gasteiger partial charge in [0.1, 0.15) is 12.1 Å². The highest BCUT2D eigenvalue weighted by atomic mass is 16.5. The summed E-state index contributed by atoms with van der Waals surface area (Å²) in [5.41, 5.74) is 0.958. The van der Waals surface area contributed by atoms with Gasteiger partial charge in [-0.1, -0.05) is 0 Å². The molecule has 2 aromatic heterocycles. The minimum Gasteiger partial charge on any atom is -0.481 e. The van der Waals surface area contributed by atoms with E-state index < -0.39 is 0 Å². The number of nitrogens with zero attached hydrogens (tertiary/aromatic N) is 4. The summed E-state index contributed by atoms with van der Waals surface area (Å²) in [7, 11) is 3.46.